The number of methoxy groups -OCH3 is 1. The summed E-state index contributed by atoms with van der Waals surface area (Å²) in [5.41, 5.74) is 1.38. The summed E-state index contributed by atoms with van der Waals surface area (Å²) in [5.74, 6) is 0.816. The molecule has 0 aromatic heterocycles. The van der Waals surface area contributed by atoms with Gasteiger partial charge in [0, 0.05) is 25.2 Å². The average molecular weight is 460 g/mol. The number of carbonyl (C=O) groups is 1. The number of sulfonamides is 1. The molecule has 32 heavy (non-hydrogen) atoms. The molecule has 1 aliphatic heterocycles. The van der Waals surface area contributed by atoms with Gasteiger partial charge in [-0.1, -0.05) is 25.1 Å². The Balaban J connectivity index is 1.72. The highest BCUT2D eigenvalue weighted by Gasteiger charge is 2.29. The molecule has 1 amide bonds. The van der Waals surface area contributed by atoms with Crippen LogP contribution in [0.3, 0.4) is 0 Å². The van der Waals surface area contributed by atoms with Crippen LogP contribution in [-0.4, -0.2) is 64.4 Å². The molecule has 0 radical (unpaired) electrons. The fraction of sp³-hybridized carbons (Fsp3) is 0.458. The van der Waals surface area contributed by atoms with Crippen molar-refractivity contribution in [2.45, 2.75) is 30.7 Å². The smallest absolute Gasteiger partial charge is 0.251 e. The lowest BCUT2D eigenvalue weighted by Gasteiger charge is -2.30. The maximum atomic E-state index is 13.1. The standard InChI is InChI=1S/C24H33N3O4S/c1-18-7-6-14-27(17-18)32(29,30)22-9-5-8-20(15-22)24(28)25-16-23(26(2)3)19-10-12-21(31-4)13-11-19/h5,8-13,15,18,23H,6-7,14,16-17H2,1-4H3,(H,25,28)/t18-,23+/m0/s1. The maximum absolute atomic E-state index is 13.1. The van der Waals surface area contributed by atoms with Crippen molar-refractivity contribution in [3.8, 4) is 5.75 Å². The molecule has 7 nitrogen and oxygen atoms in total. The summed E-state index contributed by atoms with van der Waals surface area (Å²) in [6.45, 7) is 3.49. The summed E-state index contributed by atoms with van der Waals surface area (Å²) in [6, 6.07) is 14.0. The SMILES string of the molecule is COc1ccc([C@@H](CNC(=O)c2cccc(S(=O)(=O)N3CCC[C@H](C)C3)c2)N(C)C)cc1. The van der Waals surface area contributed by atoms with Crippen molar-refractivity contribution in [1.82, 2.24) is 14.5 Å². The minimum Gasteiger partial charge on any atom is -0.497 e. The minimum absolute atomic E-state index is 0.0355. The van der Waals surface area contributed by atoms with E-state index in [4.69, 9.17) is 4.74 Å². The second kappa shape index (κ2) is 10.5. The molecule has 8 heteroatoms. The van der Waals surface area contributed by atoms with E-state index >= 15 is 0 Å². The van der Waals surface area contributed by atoms with Gasteiger partial charge in [0.1, 0.15) is 5.75 Å². The zero-order valence-corrected chi connectivity index (χ0v) is 20.1. The number of hydrogen-bond acceptors (Lipinski definition) is 5. The lowest BCUT2D eigenvalue weighted by atomic mass is 10.0. The van der Waals surface area contributed by atoms with Crippen molar-refractivity contribution in [1.29, 1.82) is 0 Å². The third-order valence-electron chi connectivity index (χ3n) is 5.93. The Kier molecular flexibility index (Phi) is 7.92. The molecule has 1 saturated heterocycles. The Hall–Kier alpha value is -2.42. The highest BCUT2D eigenvalue weighted by atomic mass is 32.2. The van der Waals surface area contributed by atoms with Gasteiger partial charge in [-0.15, -0.1) is 0 Å². The first-order valence-electron chi connectivity index (χ1n) is 10.9. The number of rotatable bonds is 8. The van der Waals surface area contributed by atoms with Crippen LogP contribution in [0, 0.1) is 5.92 Å². The van der Waals surface area contributed by atoms with Gasteiger partial charge in [-0.25, -0.2) is 8.42 Å². The first-order valence-corrected chi connectivity index (χ1v) is 12.3. The van der Waals surface area contributed by atoms with Crippen molar-refractivity contribution in [3.05, 3.63) is 59.7 Å². The number of nitrogens with zero attached hydrogens (tertiary/aromatic N) is 2. The predicted octanol–water partition coefficient (Wildman–Crippen LogP) is 3.15. The molecule has 0 bridgehead atoms. The number of likely N-dealkylation sites (N-methyl/N-ethyl adjacent to an activating group) is 1. The Morgan fingerprint density at radius 2 is 1.94 bits per heavy atom. The fourth-order valence-corrected chi connectivity index (χ4v) is 5.67. The van der Waals surface area contributed by atoms with Crippen molar-refractivity contribution >= 4 is 15.9 Å². The molecular weight excluding hydrogens is 426 g/mol. The molecule has 3 rings (SSSR count). The highest BCUT2D eigenvalue weighted by molar-refractivity contribution is 7.89. The zero-order valence-electron chi connectivity index (χ0n) is 19.2. The van der Waals surface area contributed by atoms with Crippen molar-refractivity contribution < 1.29 is 17.9 Å². The normalized spacial score (nSPS) is 18.3. The molecule has 2 aromatic rings. The van der Waals surface area contributed by atoms with E-state index in [1.807, 2.05) is 43.3 Å². The monoisotopic (exact) mass is 459 g/mol. The van der Waals surface area contributed by atoms with Gasteiger partial charge in [0.25, 0.3) is 5.91 Å². The van der Waals surface area contributed by atoms with E-state index < -0.39 is 10.0 Å². The number of ether oxygens (including phenoxy) is 1. The van der Waals surface area contributed by atoms with Gasteiger partial charge in [0.2, 0.25) is 10.0 Å². The summed E-state index contributed by atoms with van der Waals surface area (Å²) in [6.07, 6.45) is 1.90. The molecule has 0 aliphatic carbocycles. The van der Waals surface area contributed by atoms with Crippen molar-refractivity contribution in [3.63, 3.8) is 0 Å². The first-order chi connectivity index (χ1) is 15.2. The topological polar surface area (TPSA) is 78.9 Å². The predicted molar refractivity (Wildman–Crippen MR) is 125 cm³/mol. The van der Waals surface area contributed by atoms with Gasteiger partial charge in [0.05, 0.1) is 18.0 Å². The Morgan fingerprint density at radius 3 is 2.56 bits per heavy atom. The summed E-state index contributed by atoms with van der Waals surface area (Å²) < 4.78 is 32.9. The fourth-order valence-electron chi connectivity index (χ4n) is 4.03. The van der Waals surface area contributed by atoms with E-state index in [0.29, 0.717) is 31.1 Å². The van der Waals surface area contributed by atoms with Gasteiger partial charge < -0.3 is 15.0 Å². The Morgan fingerprint density at radius 1 is 1.22 bits per heavy atom. The van der Waals surface area contributed by atoms with Crippen LogP contribution in [-0.2, 0) is 10.0 Å². The van der Waals surface area contributed by atoms with Crippen LogP contribution in [0.5, 0.6) is 5.75 Å². The minimum atomic E-state index is -3.61. The van der Waals surface area contributed by atoms with Crippen LogP contribution >= 0.6 is 0 Å². The third kappa shape index (κ3) is 5.68. The highest BCUT2D eigenvalue weighted by Crippen LogP contribution is 2.24. The van der Waals surface area contributed by atoms with Crippen LogP contribution in [0.4, 0.5) is 0 Å². The van der Waals surface area contributed by atoms with Crippen molar-refractivity contribution in [2.75, 3.05) is 40.8 Å². The average Bonchev–Trinajstić information content (AvgIpc) is 2.79. The lowest BCUT2D eigenvalue weighted by Crippen LogP contribution is -2.39. The lowest BCUT2D eigenvalue weighted by molar-refractivity contribution is 0.0941. The van der Waals surface area contributed by atoms with Gasteiger partial charge in [0.15, 0.2) is 0 Å². The summed E-state index contributed by atoms with van der Waals surface area (Å²) in [5, 5.41) is 2.95. The molecular formula is C24H33N3O4S. The third-order valence-corrected chi connectivity index (χ3v) is 7.79. The second-order valence-electron chi connectivity index (χ2n) is 8.60. The molecule has 0 saturated carbocycles. The molecule has 2 atom stereocenters. The van der Waals surface area contributed by atoms with E-state index in [0.717, 1.165) is 24.2 Å². The van der Waals surface area contributed by atoms with Crippen LogP contribution in [0.1, 0.15) is 41.7 Å². The summed E-state index contributed by atoms with van der Waals surface area (Å²) in [7, 11) is 1.92. The van der Waals surface area contributed by atoms with Crippen LogP contribution < -0.4 is 10.1 Å². The van der Waals surface area contributed by atoms with Gasteiger partial charge in [-0.3, -0.25) is 4.79 Å². The molecule has 1 N–H and O–H groups in total. The summed E-state index contributed by atoms with van der Waals surface area (Å²) in [4.78, 5) is 15.0. The Bertz CT molecular complexity index is 1020. The molecule has 1 heterocycles. The van der Waals surface area contributed by atoms with Crippen LogP contribution in [0.2, 0.25) is 0 Å². The number of carbonyl (C=O) groups excluding carboxylic acids is 1. The van der Waals surface area contributed by atoms with Gasteiger partial charge in [-0.2, -0.15) is 4.31 Å². The molecule has 1 aliphatic rings. The largest absolute Gasteiger partial charge is 0.497 e. The van der Waals surface area contributed by atoms with E-state index in [1.165, 1.54) is 10.4 Å². The van der Waals surface area contributed by atoms with E-state index in [2.05, 4.69) is 12.2 Å². The van der Waals surface area contributed by atoms with E-state index in [9.17, 15) is 13.2 Å². The number of nitrogens with one attached hydrogen (secondary N) is 1. The zero-order chi connectivity index (χ0) is 23.3. The number of amides is 1. The summed E-state index contributed by atoms with van der Waals surface area (Å²) >= 11 is 0. The van der Waals surface area contributed by atoms with Crippen LogP contribution in [0.25, 0.3) is 0 Å². The molecule has 1 fully saturated rings. The Labute approximate surface area is 191 Å². The number of piperidine rings is 1. The van der Waals surface area contributed by atoms with Gasteiger partial charge in [-0.05, 0) is 68.8 Å². The van der Waals surface area contributed by atoms with E-state index in [-0.39, 0.29) is 16.8 Å². The molecule has 0 unspecified atom stereocenters. The second-order valence-corrected chi connectivity index (χ2v) is 10.5. The number of hydrogen-bond donors (Lipinski definition) is 1. The molecule has 174 valence electrons. The first kappa shape index (κ1) is 24.2. The van der Waals surface area contributed by atoms with Crippen LogP contribution in [0.15, 0.2) is 53.4 Å². The maximum Gasteiger partial charge on any atom is 0.251 e. The van der Waals surface area contributed by atoms with Gasteiger partial charge >= 0.3 is 0 Å². The molecule has 0 spiro atoms. The van der Waals surface area contributed by atoms with E-state index in [1.54, 1.807) is 25.3 Å². The van der Waals surface area contributed by atoms with Crippen molar-refractivity contribution in [2.24, 2.45) is 5.92 Å². The molecule has 2 aromatic carbocycles. The number of benzene rings is 2. The quantitative estimate of drug-likeness (QED) is 0.656.